The van der Waals surface area contributed by atoms with E-state index < -0.39 is 5.97 Å². The second-order valence-electron chi connectivity index (χ2n) is 5.08. The summed E-state index contributed by atoms with van der Waals surface area (Å²) >= 11 is 1.24. The van der Waals surface area contributed by atoms with E-state index in [1.54, 1.807) is 7.11 Å². The normalized spacial score (nSPS) is 18.3. The lowest BCUT2D eigenvalue weighted by molar-refractivity contribution is 0.0697. The number of aromatic nitrogens is 1. The van der Waals surface area contributed by atoms with Crippen LogP contribution >= 0.6 is 11.3 Å². The van der Waals surface area contributed by atoms with Gasteiger partial charge in [-0.05, 0) is 26.7 Å². The highest BCUT2D eigenvalue weighted by Gasteiger charge is 2.34. The van der Waals surface area contributed by atoms with Crippen molar-refractivity contribution in [2.24, 2.45) is 0 Å². The molecule has 0 bridgehead atoms. The molecule has 1 aliphatic heterocycles. The molecule has 0 saturated carbocycles. The molecule has 0 amide bonds. The Morgan fingerprint density at radius 3 is 2.83 bits per heavy atom. The molecule has 2 heterocycles. The second kappa shape index (κ2) is 4.85. The molecule has 0 radical (unpaired) electrons. The number of carboxylic acid groups (broad SMARTS) is 1. The van der Waals surface area contributed by atoms with E-state index >= 15 is 0 Å². The highest BCUT2D eigenvalue weighted by Crippen LogP contribution is 2.37. The summed E-state index contributed by atoms with van der Waals surface area (Å²) < 4.78 is 5.01. The highest BCUT2D eigenvalue weighted by molar-refractivity contribution is 7.17. The van der Waals surface area contributed by atoms with Gasteiger partial charge in [0.1, 0.15) is 4.88 Å². The molecule has 0 unspecified atom stereocenters. The van der Waals surface area contributed by atoms with E-state index in [1.807, 2.05) is 0 Å². The number of aromatic carboxylic acids is 1. The summed E-state index contributed by atoms with van der Waals surface area (Å²) in [6, 6.07) is 0. The summed E-state index contributed by atoms with van der Waals surface area (Å²) in [5.74, 6) is -0.928. The third-order valence-electron chi connectivity index (χ3n) is 3.29. The van der Waals surface area contributed by atoms with Gasteiger partial charge in [0, 0.05) is 19.2 Å². The summed E-state index contributed by atoms with van der Waals surface area (Å²) in [6.07, 6.45) is 2.23. The van der Waals surface area contributed by atoms with Gasteiger partial charge in [0.05, 0.1) is 12.3 Å². The maximum absolute atomic E-state index is 11.2. The molecule has 1 aromatic heterocycles. The minimum atomic E-state index is -0.928. The van der Waals surface area contributed by atoms with E-state index in [-0.39, 0.29) is 17.0 Å². The average molecular weight is 270 g/mol. The van der Waals surface area contributed by atoms with Crippen molar-refractivity contribution in [3.8, 4) is 0 Å². The standard InChI is InChI=1S/C12H18N2O3S/c1-12(2)5-4-6-14(12)11-13-8(7-17-3)9(18-11)10(15)16/h4-7H2,1-3H3,(H,15,16). The Kier molecular flexibility index (Phi) is 3.59. The molecule has 100 valence electrons. The number of hydrogen-bond donors (Lipinski definition) is 1. The molecule has 1 fully saturated rings. The highest BCUT2D eigenvalue weighted by atomic mass is 32.1. The summed E-state index contributed by atoms with van der Waals surface area (Å²) in [4.78, 5) is 18.1. The first kappa shape index (κ1) is 13.3. The molecule has 0 aromatic carbocycles. The fourth-order valence-electron chi connectivity index (χ4n) is 2.32. The molecular weight excluding hydrogens is 252 g/mol. The van der Waals surface area contributed by atoms with Crippen molar-refractivity contribution in [1.82, 2.24) is 4.98 Å². The van der Waals surface area contributed by atoms with Gasteiger partial charge in [-0.3, -0.25) is 0 Å². The number of methoxy groups -OCH3 is 1. The summed E-state index contributed by atoms with van der Waals surface area (Å²) in [7, 11) is 1.55. The number of anilines is 1. The summed E-state index contributed by atoms with van der Waals surface area (Å²) in [5, 5.41) is 9.97. The largest absolute Gasteiger partial charge is 0.477 e. The van der Waals surface area contributed by atoms with Crippen LogP contribution in [0.1, 0.15) is 42.1 Å². The fraction of sp³-hybridized carbons (Fsp3) is 0.667. The monoisotopic (exact) mass is 270 g/mol. The lowest BCUT2D eigenvalue weighted by Gasteiger charge is -2.31. The SMILES string of the molecule is COCc1nc(N2CCCC2(C)C)sc1C(=O)O. The smallest absolute Gasteiger partial charge is 0.347 e. The number of carbonyl (C=O) groups is 1. The Balaban J connectivity index is 2.34. The summed E-state index contributed by atoms with van der Waals surface area (Å²) in [6.45, 7) is 5.51. The lowest BCUT2D eigenvalue weighted by atomic mass is 10.0. The van der Waals surface area contributed by atoms with Crippen LogP contribution in [-0.2, 0) is 11.3 Å². The van der Waals surface area contributed by atoms with Crippen LogP contribution < -0.4 is 4.90 Å². The number of ether oxygens (including phenoxy) is 1. The first-order valence-electron chi connectivity index (χ1n) is 5.95. The zero-order valence-electron chi connectivity index (χ0n) is 10.9. The zero-order chi connectivity index (χ0) is 13.3. The first-order chi connectivity index (χ1) is 8.45. The molecule has 1 saturated heterocycles. The predicted octanol–water partition coefficient (Wildman–Crippen LogP) is 2.37. The van der Waals surface area contributed by atoms with Crippen LogP contribution in [0.2, 0.25) is 0 Å². The van der Waals surface area contributed by atoms with Crippen LogP contribution in [-0.4, -0.2) is 35.3 Å². The van der Waals surface area contributed by atoms with Gasteiger partial charge in [-0.25, -0.2) is 9.78 Å². The number of rotatable bonds is 4. The van der Waals surface area contributed by atoms with E-state index in [1.165, 1.54) is 11.3 Å². The molecule has 1 N–H and O–H groups in total. The maximum atomic E-state index is 11.2. The number of hydrogen-bond acceptors (Lipinski definition) is 5. The Bertz CT molecular complexity index is 456. The van der Waals surface area contributed by atoms with Crippen LogP contribution in [0.4, 0.5) is 5.13 Å². The van der Waals surface area contributed by atoms with Gasteiger partial charge >= 0.3 is 5.97 Å². The number of carboxylic acids is 1. The van der Waals surface area contributed by atoms with E-state index in [2.05, 4.69) is 23.7 Å². The van der Waals surface area contributed by atoms with Crippen LogP contribution in [0.25, 0.3) is 0 Å². The van der Waals surface area contributed by atoms with Gasteiger partial charge in [0.25, 0.3) is 0 Å². The van der Waals surface area contributed by atoms with Crippen molar-refractivity contribution in [3.05, 3.63) is 10.6 Å². The van der Waals surface area contributed by atoms with Crippen LogP contribution in [0, 0.1) is 0 Å². The fourth-order valence-corrected chi connectivity index (χ4v) is 3.41. The van der Waals surface area contributed by atoms with Gasteiger partial charge in [-0.1, -0.05) is 11.3 Å². The van der Waals surface area contributed by atoms with E-state index in [0.717, 1.165) is 24.5 Å². The minimum absolute atomic E-state index is 0.0535. The average Bonchev–Trinajstić information content (AvgIpc) is 2.82. The van der Waals surface area contributed by atoms with Crippen molar-refractivity contribution < 1.29 is 14.6 Å². The van der Waals surface area contributed by atoms with Gasteiger partial charge in [0.15, 0.2) is 5.13 Å². The topological polar surface area (TPSA) is 62.7 Å². The molecule has 0 spiro atoms. The quantitative estimate of drug-likeness (QED) is 0.910. The number of thiazole rings is 1. The molecule has 2 rings (SSSR count). The van der Waals surface area contributed by atoms with Crippen LogP contribution in [0.3, 0.4) is 0 Å². The van der Waals surface area contributed by atoms with Gasteiger partial charge in [0.2, 0.25) is 0 Å². The molecular formula is C12H18N2O3S. The maximum Gasteiger partial charge on any atom is 0.347 e. The second-order valence-corrected chi connectivity index (χ2v) is 6.06. The lowest BCUT2D eigenvalue weighted by Crippen LogP contribution is -2.38. The molecule has 0 aliphatic carbocycles. The Morgan fingerprint density at radius 1 is 1.61 bits per heavy atom. The zero-order valence-corrected chi connectivity index (χ0v) is 11.7. The molecule has 0 atom stereocenters. The van der Waals surface area contributed by atoms with Crippen molar-refractivity contribution in [2.75, 3.05) is 18.6 Å². The van der Waals surface area contributed by atoms with Crippen molar-refractivity contribution in [3.63, 3.8) is 0 Å². The minimum Gasteiger partial charge on any atom is -0.477 e. The molecule has 6 heteroatoms. The predicted molar refractivity (Wildman–Crippen MR) is 70.4 cm³/mol. The Hall–Kier alpha value is -1.14. The van der Waals surface area contributed by atoms with Crippen molar-refractivity contribution >= 4 is 22.4 Å². The molecule has 18 heavy (non-hydrogen) atoms. The van der Waals surface area contributed by atoms with Crippen LogP contribution in [0.5, 0.6) is 0 Å². The Morgan fingerprint density at radius 2 is 2.33 bits per heavy atom. The molecule has 1 aliphatic rings. The third-order valence-corrected chi connectivity index (χ3v) is 4.40. The van der Waals surface area contributed by atoms with E-state index in [0.29, 0.717) is 5.69 Å². The van der Waals surface area contributed by atoms with Crippen LogP contribution in [0.15, 0.2) is 0 Å². The van der Waals surface area contributed by atoms with E-state index in [4.69, 9.17) is 4.74 Å². The Labute approximate surface area is 110 Å². The first-order valence-corrected chi connectivity index (χ1v) is 6.77. The third kappa shape index (κ3) is 2.35. The van der Waals surface area contributed by atoms with Gasteiger partial charge < -0.3 is 14.7 Å². The van der Waals surface area contributed by atoms with Crippen molar-refractivity contribution in [2.45, 2.75) is 38.8 Å². The molecule has 5 nitrogen and oxygen atoms in total. The molecule has 1 aromatic rings. The van der Waals surface area contributed by atoms with E-state index in [9.17, 15) is 9.90 Å². The number of nitrogens with zero attached hydrogens (tertiary/aromatic N) is 2. The van der Waals surface area contributed by atoms with Gasteiger partial charge in [-0.2, -0.15) is 0 Å². The van der Waals surface area contributed by atoms with Crippen molar-refractivity contribution in [1.29, 1.82) is 0 Å². The van der Waals surface area contributed by atoms with Gasteiger partial charge in [-0.15, -0.1) is 0 Å². The summed E-state index contributed by atoms with van der Waals surface area (Å²) in [5.41, 5.74) is 0.575.